The molecule has 3 aliphatic rings. The van der Waals surface area contributed by atoms with Crippen LogP contribution in [0.3, 0.4) is 0 Å². The molecule has 7 heterocycles. The lowest BCUT2D eigenvalue weighted by Crippen LogP contribution is -2.50. The first kappa shape index (κ1) is 82.8. The van der Waals surface area contributed by atoms with Crippen LogP contribution in [-0.4, -0.2) is 198 Å². The van der Waals surface area contributed by atoms with Crippen molar-refractivity contribution in [3.05, 3.63) is 117 Å². The van der Waals surface area contributed by atoms with Gasteiger partial charge in [-0.05, 0) is 177 Å². The highest BCUT2D eigenvalue weighted by Gasteiger charge is 2.37. The smallest absolute Gasteiger partial charge is 0.326 e. The maximum absolute atomic E-state index is 13.9. The molecule has 2 aliphatic heterocycles. The number of carboxylic acids is 2. The van der Waals surface area contributed by atoms with Crippen molar-refractivity contribution in [2.75, 3.05) is 83.5 Å². The van der Waals surface area contributed by atoms with Gasteiger partial charge in [0.25, 0.3) is 5.91 Å². The minimum atomic E-state index is -1.31. The van der Waals surface area contributed by atoms with E-state index >= 15 is 0 Å². The van der Waals surface area contributed by atoms with Crippen LogP contribution in [0, 0.1) is 13.8 Å². The standard InChI is InChI=1S/C79H103N15O15/c1-11-51-44(4)57-37-59-46(6)53(69(90-59)54-36-63(95)68-47(7)60(91-70(54)68)39-62-52(12-2)45(5)58(88-62)38-61(51)87-57)23-26-66(98)89-55(75(102)103)18-14-15-28-84-78(8,9)65(97)42-109-43-67(99)81-27-16-30-106-32-34-108-35-33-107-31-17-29-85-79(10,13-3)64(96)25-24-56(76(104)105)92-73(100)48-19-21-49(22-20-48)82-40-50-41-83-72-71(86-50)74(101)94-77(80)93-72/h11,19-22,37-39,41,46,53,55-56,82,84-85,87,91H,1,12-18,23-36,40,42-43H2,2-10H3,(H,81,99)(H,89,98)(H,92,100)(H,102,103)(H,104,105)(H3,80,83,93,94,101)/t46-,53-,55?,56-,79?/m0/s1. The molecule has 1 aliphatic carbocycles. The lowest BCUT2D eigenvalue weighted by molar-refractivity contribution is -0.142. The van der Waals surface area contributed by atoms with E-state index in [9.17, 15) is 53.7 Å². The number of benzene rings is 1. The van der Waals surface area contributed by atoms with E-state index in [-0.39, 0.29) is 110 Å². The molecule has 0 saturated carbocycles. The molecule has 8 bridgehead atoms. The molecule has 5 aromatic heterocycles. The van der Waals surface area contributed by atoms with E-state index in [1.165, 1.54) is 18.3 Å². The van der Waals surface area contributed by atoms with Crippen molar-refractivity contribution in [3.8, 4) is 5.88 Å². The molecular formula is C79H103N15O15. The number of hydrogen-bond acceptors (Lipinski definition) is 23. The molecule has 13 N–H and O–H groups in total. The van der Waals surface area contributed by atoms with Crippen molar-refractivity contribution >= 4 is 109 Å². The Hall–Kier alpha value is -10.2. The minimum Gasteiger partial charge on any atom is -0.492 e. The Morgan fingerprint density at radius 3 is 2.08 bits per heavy atom. The third-order valence-corrected chi connectivity index (χ3v) is 20.5. The van der Waals surface area contributed by atoms with Crippen molar-refractivity contribution in [2.24, 2.45) is 0 Å². The lowest BCUT2D eigenvalue weighted by Gasteiger charge is -2.29. The van der Waals surface area contributed by atoms with E-state index in [1.807, 2.05) is 39.0 Å². The van der Waals surface area contributed by atoms with Gasteiger partial charge in [0.05, 0.1) is 78.5 Å². The number of nitrogens with zero attached hydrogens (tertiary/aromatic N) is 6. The number of H-pyrrole nitrogens is 2. The molecule has 0 radical (unpaired) electrons. The Kier molecular flexibility index (Phi) is 29.0. The van der Waals surface area contributed by atoms with Crippen molar-refractivity contribution in [3.63, 3.8) is 0 Å². The molecule has 0 saturated heterocycles. The van der Waals surface area contributed by atoms with Crippen LogP contribution in [0.15, 0.2) is 55.2 Å². The number of Topliss-reactive ketones (excluding diaryl/α,β-unsaturated/α-hetero) is 3. The number of nitrogen functional groups attached to an aromatic ring is 1. The van der Waals surface area contributed by atoms with Gasteiger partial charge in [-0.1, -0.05) is 33.4 Å². The van der Waals surface area contributed by atoms with Gasteiger partial charge < -0.3 is 81.9 Å². The van der Waals surface area contributed by atoms with Gasteiger partial charge in [-0.25, -0.2) is 24.5 Å². The molecule has 0 spiro atoms. The fourth-order valence-corrected chi connectivity index (χ4v) is 13.6. The topological polar surface area (TPSA) is 441 Å². The van der Waals surface area contributed by atoms with Crippen LogP contribution in [0.2, 0.25) is 0 Å². The maximum Gasteiger partial charge on any atom is 0.326 e. The van der Waals surface area contributed by atoms with Crippen molar-refractivity contribution in [1.82, 2.24) is 66.5 Å². The fourth-order valence-electron chi connectivity index (χ4n) is 13.6. The molecule has 109 heavy (non-hydrogen) atoms. The summed E-state index contributed by atoms with van der Waals surface area (Å²) in [6, 6.07) is 10.0. The predicted octanol–water partition coefficient (Wildman–Crippen LogP) is 8.59. The lowest BCUT2D eigenvalue weighted by atomic mass is 9.85. The third kappa shape index (κ3) is 21.4. The molecule has 30 heteroatoms. The number of carbonyl (C=O) groups is 8. The van der Waals surface area contributed by atoms with E-state index in [1.54, 1.807) is 32.9 Å². The second kappa shape index (κ2) is 38.2. The number of anilines is 2. The number of aryl methyl sites for hydroxylation is 2. The van der Waals surface area contributed by atoms with Gasteiger partial charge in [0, 0.05) is 101 Å². The highest BCUT2D eigenvalue weighted by molar-refractivity contribution is 6.13. The Balaban J connectivity index is 0.592. The number of rotatable bonds is 44. The molecule has 1 aromatic carbocycles. The highest BCUT2D eigenvalue weighted by Crippen LogP contribution is 2.45. The second-order valence-electron chi connectivity index (χ2n) is 28.4. The SMILES string of the molecule is C=Cc1c(C)c2cc3nc(c4c5[nH]c(cc6nc(cc1[nH]2)C(C)=C6CC)c(C)c5C(=O)C4)[C@@H](CCC(=O)NC(CCCCNC(C)(C)C(=O)COCC(=O)NCCCOCCOCCOCCCNC(C)(CC)C(=O)CC[C@H](NC(=O)c1ccc(NCc2cnc4nc(N)nc(O)c4n2)cc1)C(=O)O)C(=O)O)[C@@H]3C. The molecule has 584 valence electrons. The van der Waals surface area contributed by atoms with Gasteiger partial charge in [0.1, 0.15) is 25.3 Å². The first-order chi connectivity index (χ1) is 52.1. The summed E-state index contributed by atoms with van der Waals surface area (Å²) in [4.78, 5) is 138. The summed E-state index contributed by atoms with van der Waals surface area (Å²) in [5.41, 5.74) is 18.1. The van der Waals surface area contributed by atoms with Crippen LogP contribution < -0.4 is 37.6 Å². The van der Waals surface area contributed by atoms with E-state index in [4.69, 9.17) is 34.6 Å². The quantitative estimate of drug-likeness (QED) is 0.0159. The summed E-state index contributed by atoms with van der Waals surface area (Å²) >= 11 is 0. The number of unbranched alkanes of at least 4 members (excludes halogenated alkanes) is 1. The third-order valence-electron chi connectivity index (χ3n) is 20.5. The number of nitrogens with two attached hydrogens (primary N) is 1. The van der Waals surface area contributed by atoms with Crippen molar-refractivity contribution in [2.45, 2.75) is 181 Å². The predicted molar refractivity (Wildman–Crippen MR) is 413 cm³/mol. The average molecular weight is 1500 g/mol. The molecule has 30 nitrogen and oxygen atoms in total. The van der Waals surface area contributed by atoms with E-state index < -0.39 is 52.8 Å². The van der Waals surface area contributed by atoms with Crippen LogP contribution >= 0.6 is 0 Å². The molecular weight excluding hydrogens is 1400 g/mol. The van der Waals surface area contributed by atoms with Crippen LogP contribution in [-0.2, 0) is 60.7 Å². The highest BCUT2D eigenvalue weighted by atomic mass is 16.5. The summed E-state index contributed by atoms with van der Waals surface area (Å²) in [7, 11) is 0. The number of aromatic nitrogens is 8. The van der Waals surface area contributed by atoms with Gasteiger partial charge in [-0.2, -0.15) is 9.97 Å². The average Bonchev–Trinajstić information content (AvgIpc) is 1.58. The Bertz CT molecular complexity index is 4570. The Morgan fingerprint density at radius 2 is 1.39 bits per heavy atom. The molecule has 2 unspecified atom stereocenters. The number of hydrogen-bond donors (Lipinski definition) is 12. The molecule has 6 aromatic rings. The first-order valence-corrected chi connectivity index (χ1v) is 37.3. The van der Waals surface area contributed by atoms with Crippen molar-refractivity contribution in [1.29, 1.82) is 0 Å². The fraction of sp³-hybridized carbons (Fsp3) is 0.494. The maximum atomic E-state index is 13.9. The molecule has 3 amide bonds. The number of amides is 3. The second-order valence-corrected chi connectivity index (χ2v) is 28.4. The number of ether oxygens (including phenoxy) is 4. The van der Waals surface area contributed by atoms with Gasteiger partial charge in [-0.3, -0.25) is 33.8 Å². The minimum absolute atomic E-state index is 0.00546. The molecule has 9 rings (SSSR count). The Morgan fingerprint density at radius 1 is 0.725 bits per heavy atom. The monoisotopic (exact) mass is 1500 g/mol. The summed E-state index contributed by atoms with van der Waals surface area (Å²) in [6.07, 6.45) is 7.13. The number of allylic oxidation sites excluding steroid dienone is 2. The molecule has 5 atom stereocenters. The van der Waals surface area contributed by atoms with E-state index in [2.05, 4.69) is 95.2 Å². The van der Waals surface area contributed by atoms with Crippen LogP contribution in [0.5, 0.6) is 5.88 Å². The van der Waals surface area contributed by atoms with Crippen LogP contribution in [0.4, 0.5) is 11.6 Å². The summed E-state index contributed by atoms with van der Waals surface area (Å²) in [5.74, 6) is -5.23. The van der Waals surface area contributed by atoms with Crippen LogP contribution in [0.25, 0.3) is 50.5 Å². The van der Waals surface area contributed by atoms with Crippen molar-refractivity contribution < 1.29 is 72.6 Å². The van der Waals surface area contributed by atoms with Gasteiger partial charge in [0.2, 0.25) is 23.6 Å². The van der Waals surface area contributed by atoms with Gasteiger partial charge in [0.15, 0.2) is 28.5 Å². The normalized spacial score (nSPS) is 15.2. The van der Waals surface area contributed by atoms with Gasteiger partial charge >= 0.3 is 11.9 Å². The zero-order chi connectivity index (χ0) is 78.7. The van der Waals surface area contributed by atoms with Crippen LogP contribution in [0.1, 0.15) is 202 Å². The number of aliphatic carboxylic acids is 2. The zero-order valence-electron chi connectivity index (χ0n) is 63.7. The number of aromatic amines is 2. The number of ketones is 3. The Labute approximate surface area is 632 Å². The molecule has 0 fully saturated rings. The van der Waals surface area contributed by atoms with Gasteiger partial charge in [-0.15, -0.1) is 0 Å². The largest absolute Gasteiger partial charge is 0.492 e. The first-order valence-electron chi connectivity index (χ1n) is 37.3. The number of fused-ring (bicyclic) bond motifs is 9. The number of carbonyl (C=O) groups excluding carboxylic acids is 6. The number of aromatic hydroxyl groups is 1. The zero-order valence-corrected chi connectivity index (χ0v) is 63.7. The number of nitrogens with one attached hydrogen (secondary N) is 8. The van der Waals surface area contributed by atoms with E-state index in [0.29, 0.717) is 115 Å². The van der Waals surface area contributed by atoms with E-state index in [0.717, 1.165) is 84.7 Å². The summed E-state index contributed by atoms with van der Waals surface area (Å²) in [5, 5.41) is 47.9. The number of carboxylic acid groups (broad SMARTS) is 2. The summed E-state index contributed by atoms with van der Waals surface area (Å²) < 4.78 is 22.4. The summed E-state index contributed by atoms with van der Waals surface area (Å²) in [6.45, 7) is 24.3.